The van der Waals surface area contributed by atoms with Crippen molar-refractivity contribution in [3.8, 4) is 0 Å². The molecule has 23 heavy (non-hydrogen) atoms. The van der Waals surface area contributed by atoms with E-state index in [0.717, 1.165) is 4.13 Å². The highest BCUT2D eigenvalue weighted by atomic mass is 32.3. The molecular weight excluding hydrogens is 378 g/mol. The summed E-state index contributed by atoms with van der Waals surface area (Å²) in [5.74, 6) is 0. The lowest BCUT2D eigenvalue weighted by molar-refractivity contribution is -0.904. The fourth-order valence-electron chi connectivity index (χ4n) is 0.885. The Hall–Kier alpha value is -0.600. The van der Waals surface area contributed by atoms with Crippen molar-refractivity contribution in [1.29, 1.82) is 0 Å². The van der Waals surface area contributed by atoms with Crippen LogP contribution < -0.4 is 0 Å². The summed E-state index contributed by atoms with van der Waals surface area (Å²) >= 11 is 0. The van der Waals surface area contributed by atoms with Gasteiger partial charge in [0.15, 0.2) is 20.0 Å². The van der Waals surface area contributed by atoms with Crippen LogP contribution in [-0.4, -0.2) is 59.0 Å². The van der Waals surface area contributed by atoms with Gasteiger partial charge in [0.25, 0.3) is 0 Å². The van der Waals surface area contributed by atoms with Gasteiger partial charge in [-0.15, -0.1) is 0 Å². The number of rotatable bonds is 5. The van der Waals surface area contributed by atoms with Crippen LogP contribution in [0.4, 0.5) is 26.3 Å². The number of hydrogen-bond acceptors (Lipinski definition) is 4. The van der Waals surface area contributed by atoms with Crippen LogP contribution >= 0.6 is 0 Å². The normalized spacial score (nSPS) is 14.2. The van der Waals surface area contributed by atoms with Crippen LogP contribution in [0.1, 0.15) is 20.8 Å². The Balaban J connectivity index is 0. The molecule has 0 heterocycles. The van der Waals surface area contributed by atoms with E-state index in [1.807, 2.05) is 0 Å². The van der Waals surface area contributed by atoms with Crippen molar-refractivity contribution in [2.24, 2.45) is 0 Å². The number of alkyl halides is 6. The summed E-state index contributed by atoms with van der Waals surface area (Å²) in [5, 5.41) is 0. The van der Waals surface area contributed by atoms with E-state index in [9.17, 15) is 43.2 Å². The number of halogens is 6. The van der Waals surface area contributed by atoms with Crippen LogP contribution in [0.2, 0.25) is 0 Å². The molecule has 0 aliphatic rings. The van der Waals surface area contributed by atoms with Crippen molar-refractivity contribution in [2.45, 2.75) is 31.8 Å². The van der Waals surface area contributed by atoms with Gasteiger partial charge in [0.2, 0.25) is 0 Å². The van der Waals surface area contributed by atoms with E-state index in [4.69, 9.17) is 0 Å². The summed E-state index contributed by atoms with van der Waals surface area (Å²) in [6, 6.07) is 0. The Kier molecular flexibility index (Phi) is 8.56. The standard InChI is InChI=1S/C7H18N.C2F6NO4S2/c1-5-8(4,6-2)7-3;3-1(4,5)14(10,11)9-15(12,13)2(6,7)8/h5-7H2,1-4H3;/q+1;-1. The number of quaternary nitrogens is 1. The quantitative estimate of drug-likeness (QED) is 0.528. The minimum Gasteiger partial charge on any atom is -0.421 e. The molecule has 0 fully saturated rings. The largest absolute Gasteiger partial charge is 0.480 e. The molecule has 0 spiro atoms. The van der Waals surface area contributed by atoms with Crippen LogP contribution in [0.3, 0.4) is 0 Å². The molecule has 14 heteroatoms. The van der Waals surface area contributed by atoms with E-state index in [2.05, 4.69) is 27.8 Å². The lowest BCUT2D eigenvalue weighted by Crippen LogP contribution is -2.42. The number of hydrogen-bond donors (Lipinski definition) is 0. The highest BCUT2D eigenvalue weighted by Crippen LogP contribution is 2.36. The second kappa shape index (κ2) is 7.98. The number of sulfonamides is 2. The average Bonchev–Trinajstić information content (AvgIpc) is 2.34. The first-order chi connectivity index (χ1) is 9.89. The highest BCUT2D eigenvalue weighted by molar-refractivity contribution is 8.13. The highest BCUT2D eigenvalue weighted by Gasteiger charge is 2.46. The molecule has 0 aromatic rings. The molecule has 0 N–H and O–H groups in total. The topological polar surface area (TPSA) is 82.4 Å². The zero-order chi connectivity index (χ0) is 19.3. The minimum atomic E-state index is -6.72. The molecule has 0 saturated carbocycles. The second-order valence-electron chi connectivity index (χ2n) is 4.48. The summed E-state index contributed by atoms with van der Waals surface area (Å²) in [6.07, 6.45) is 0. The van der Waals surface area contributed by atoms with E-state index in [0.29, 0.717) is 0 Å². The summed E-state index contributed by atoms with van der Waals surface area (Å²) < 4.78 is 110. The maximum absolute atomic E-state index is 11.4. The Morgan fingerprint density at radius 2 is 0.957 bits per heavy atom. The number of nitrogens with zero attached hydrogens (tertiary/aromatic N) is 2. The Morgan fingerprint density at radius 1 is 0.739 bits per heavy atom. The van der Waals surface area contributed by atoms with Gasteiger partial charge in [-0.3, -0.25) is 0 Å². The molecule has 0 radical (unpaired) electrons. The molecule has 0 bridgehead atoms. The molecule has 0 amide bonds. The van der Waals surface area contributed by atoms with Crippen molar-refractivity contribution >= 4 is 20.0 Å². The summed E-state index contributed by atoms with van der Waals surface area (Å²) in [6.45, 7) is 10.5. The van der Waals surface area contributed by atoms with Crippen molar-refractivity contribution in [3.63, 3.8) is 0 Å². The van der Waals surface area contributed by atoms with Crippen LogP contribution in [-0.2, 0) is 20.0 Å². The van der Waals surface area contributed by atoms with Crippen molar-refractivity contribution < 1.29 is 47.7 Å². The van der Waals surface area contributed by atoms with E-state index < -0.39 is 31.1 Å². The van der Waals surface area contributed by atoms with Gasteiger partial charge in [-0.05, 0) is 20.8 Å². The lowest BCUT2D eigenvalue weighted by atomic mass is 10.4. The van der Waals surface area contributed by atoms with Gasteiger partial charge in [-0.25, -0.2) is 16.8 Å². The zero-order valence-corrected chi connectivity index (χ0v) is 14.4. The van der Waals surface area contributed by atoms with Gasteiger partial charge < -0.3 is 8.61 Å². The minimum absolute atomic E-state index is 0.778. The molecular formula is C9H18F6N2O4S2. The molecule has 0 atom stereocenters. The molecule has 142 valence electrons. The van der Waals surface area contributed by atoms with Gasteiger partial charge in [0.1, 0.15) is 0 Å². The molecule has 0 aliphatic carbocycles. The van der Waals surface area contributed by atoms with Crippen LogP contribution in [0, 0.1) is 0 Å². The third kappa shape index (κ3) is 7.67. The SMILES string of the molecule is CC[N+](C)(CC)CC.O=S(=O)([N-]S(=O)(=O)C(F)(F)F)C(F)(F)F. The van der Waals surface area contributed by atoms with Gasteiger partial charge in [0, 0.05) is 0 Å². The van der Waals surface area contributed by atoms with Crippen molar-refractivity contribution in [3.05, 3.63) is 4.13 Å². The maximum atomic E-state index is 11.4. The fraction of sp³-hybridized carbons (Fsp3) is 1.00. The molecule has 0 aromatic carbocycles. The van der Waals surface area contributed by atoms with Crippen molar-refractivity contribution in [1.82, 2.24) is 0 Å². The Morgan fingerprint density at radius 3 is 1.04 bits per heavy atom. The Labute approximate surface area is 131 Å². The maximum Gasteiger partial charge on any atom is 0.480 e. The lowest BCUT2D eigenvalue weighted by Gasteiger charge is -2.30. The van der Waals surface area contributed by atoms with Crippen LogP contribution in [0.25, 0.3) is 4.13 Å². The summed E-state index contributed by atoms with van der Waals surface area (Å²) in [4.78, 5) is 0. The van der Waals surface area contributed by atoms with Gasteiger partial charge in [-0.1, -0.05) is 0 Å². The van der Waals surface area contributed by atoms with Gasteiger partial charge in [-0.2, -0.15) is 26.3 Å². The van der Waals surface area contributed by atoms with E-state index in [-0.39, 0.29) is 0 Å². The smallest absolute Gasteiger partial charge is 0.421 e. The summed E-state index contributed by atoms with van der Waals surface area (Å²) in [7, 11) is -11.2. The molecule has 0 rings (SSSR count). The monoisotopic (exact) mass is 396 g/mol. The molecule has 0 aliphatic heterocycles. The van der Waals surface area contributed by atoms with Crippen LogP contribution in [0.5, 0.6) is 0 Å². The third-order valence-electron chi connectivity index (χ3n) is 3.07. The predicted octanol–water partition coefficient (Wildman–Crippen LogP) is 2.55. The molecule has 6 nitrogen and oxygen atoms in total. The third-order valence-corrected chi connectivity index (χ3v) is 5.81. The second-order valence-corrected chi connectivity index (χ2v) is 7.91. The van der Waals surface area contributed by atoms with Crippen LogP contribution in [0.15, 0.2) is 0 Å². The first-order valence-electron chi connectivity index (χ1n) is 6.09. The van der Waals surface area contributed by atoms with Gasteiger partial charge in [0.05, 0.1) is 26.7 Å². The molecule has 0 unspecified atom stereocenters. The van der Waals surface area contributed by atoms with E-state index in [1.165, 1.54) is 24.1 Å². The molecule has 0 aromatic heterocycles. The van der Waals surface area contributed by atoms with E-state index in [1.54, 1.807) is 0 Å². The molecule has 0 saturated heterocycles. The predicted molar refractivity (Wildman–Crippen MR) is 71.1 cm³/mol. The van der Waals surface area contributed by atoms with Crippen molar-refractivity contribution in [2.75, 3.05) is 26.7 Å². The Bertz CT molecular complexity index is 514. The van der Waals surface area contributed by atoms with Gasteiger partial charge >= 0.3 is 11.0 Å². The first-order valence-corrected chi connectivity index (χ1v) is 8.97. The first kappa shape index (κ1) is 24.6. The fourth-order valence-corrected chi connectivity index (χ4v) is 2.59. The summed E-state index contributed by atoms with van der Waals surface area (Å²) in [5.41, 5.74) is -12.4. The van der Waals surface area contributed by atoms with E-state index >= 15 is 0 Å². The average molecular weight is 396 g/mol. The zero-order valence-electron chi connectivity index (χ0n) is 12.7.